The Balaban J connectivity index is 2.14. The number of ketones is 1. The second-order valence-corrected chi connectivity index (χ2v) is 4.15. The van der Waals surface area contributed by atoms with Crippen LogP contribution in [0.4, 0.5) is 0 Å². The third kappa shape index (κ3) is 2.13. The summed E-state index contributed by atoms with van der Waals surface area (Å²) in [5, 5.41) is 0. The molecule has 0 spiro atoms. The number of amides is 1. The molecule has 1 heterocycles. The number of carbonyl (C=O) groups is 2. The van der Waals surface area contributed by atoms with Crippen molar-refractivity contribution in [1.29, 1.82) is 0 Å². The molecule has 2 rings (SSSR count). The van der Waals surface area contributed by atoms with Gasteiger partial charge >= 0.3 is 0 Å². The van der Waals surface area contributed by atoms with Crippen LogP contribution >= 0.6 is 0 Å². The van der Waals surface area contributed by atoms with E-state index in [9.17, 15) is 9.59 Å². The highest BCUT2D eigenvalue weighted by molar-refractivity contribution is 5.96. The minimum Gasteiger partial charge on any atom is -0.338 e. The molecule has 84 valence electrons. The monoisotopic (exact) mass is 217 g/mol. The number of piperidine rings is 1. The zero-order chi connectivity index (χ0) is 11.5. The lowest BCUT2D eigenvalue weighted by molar-refractivity contribution is -0.120. The van der Waals surface area contributed by atoms with Gasteiger partial charge in [-0.1, -0.05) is 18.2 Å². The topological polar surface area (TPSA) is 37.4 Å². The quantitative estimate of drug-likeness (QED) is 0.719. The van der Waals surface area contributed by atoms with E-state index < -0.39 is 0 Å². The van der Waals surface area contributed by atoms with E-state index in [0.29, 0.717) is 25.9 Å². The van der Waals surface area contributed by atoms with Crippen LogP contribution in [0.3, 0.4) is 0 Å². The van der Waals surface area contributed by atoms with Crippen LogP contribution in [0.2, 0.25) is 0 Å². The molecule has 1 aliphatic heterocycles. The molecule has 0 unspecified atom stereocenters. The number of Topliss-reactive ketones (excluding diaryl/α,β-unsaturated/α-hetero) is 1. The normalized spacial score (nSPS) is 16.3. The summed E-state index contributed by atoms with van der Waals surface area (Å²) in [5.74, 6) is 0.305. The van der Waals surface area contributed by atoms with E-state index in [-0.39, 0.29) is 11.7 Å². The summed E-state index contributed by atoms with van der Waals surface area (Å²) >= 11 is 0. The van der Waals surface area contributed by atoms with Crippen LogP contribution in [0.15, 0.2) is 24.3 Å². The van der Waals surface area contributed by atoms with Gasteiger partial charge in [0, 0.05) is 31.5 Å². The van der Waals surface area contributed by atoms with Crippen LogP contribution in [0, 0.1) is 6.92 Å². The molecule has 0 aromatic heterocycles. The molecule has 1 fully saturated rings. The minimum absolute atomic E-state index is 0.0469. The van der Waals surface area contributed by atoms with Crippen molar-refractivity contribution >= 4 is 11.7 Å². The number of nitrogens with zero attached hydrogens (tertiary/aromatic N) is 1. The second kappa shape index (κ2) is 4.47. The summed E-state index contributed by atoms with van der Waals surface area (Å²) in [7, 11) is 0. The van der Waals surface area contributed by atoms with Gasteiger partial charge in [-0.3, -0.25) is 9.59 Å². The van der Waals surface area contributed by atoms with Crippen molar-refractivity contribution in [3.63, 3.8) is 0 Å². The van der Waals surface area contributed by atoms with Gasteiger partial charge in [0.05, 0.1) is 0 Å². The summed E-state index contributed by atoms with van der Waals surface area (Å²) in [6.45, 7) is 3.06. The maximum absolute atomic E-state index is 12.1. The lowest BCUT2D eigenvalue weighted by Crippen LogP contribution is -2.38. The summed E-state index contributed by atoms with van der Waals surface area (Å²) in [4.78, 5) is 25.0. The predicted octanol–water partition coefficient (Wildman–Crippen LogP) is 1.80. The highest BCUT2D eigenvalue weighted by Gasteiger charge is 2.22. The Kier molecular flexibility index (Phi) is 3.04. The fraction of sp³-hybridized carbons (Fsp3) is 0.385. The molecule has 0 bridgehead atoms. The number of hydrogen-bond acceptors (Lipinski definition) is 2. The average Bonchev–Trinajstić information content (AvgIpc) is 2.30. The van der Waals surface area contributed by atoms with Crippen molar-refractivity contribution in [2.45, 2.75) is 19.8 Å². The van der Waals surface area contributed by atoms with Crippen molar-refractivity contribution in [3.8, 4) is 0 Å². The van der Waals surface area contributed by atoms with Gasteiger partial charge in [0.25, 0.3) is 5.91 Å². The first-order valence-corrected chi connectivity index (χ1v) is 5.55. The first kappa shape index (κ1) is 10.9. The molecule has 0 atom stereocenters. The number of hydrogen-bond donors (Lipinski definition) is 0. The number of benzene rings is 1. The van der Waals surface area contributed by atoms with E-state index in [4.69, 9.17) is 0 Å². The first-order chi connectivity index (χ1) is 7.68. The van der Waals surface area contributed by atoms with Gasteiger partial charge in [0.1, 0.15) is 5.78 Å². The van der Waals surface area contributed by atoms with E-state index in [2.05, 4.69) is 0 Å². The highest BCUT2D eigenvalue weighted by Crippen LogP contribution is 2.14. The van der Waals surface area contributed by atoms with Crippen molar-refractivity contribution in [2.24, 2.45) is 0 Å². The maximum Gasteiger partial charge on any atom is 0.254 e. The van der Waals surface area contributed by atoms with E-state index in [1.165, 1.54) is 0 Å². The Morgan fingerprint density at radius 3 is 2.44 bits per heavy atom. The standard InChI is InChI=1S/C13H15NO2/c1-10-4-2-3-5-12(10)13(16)14-8-6-11(15)7-9-14/h2-5H,6-9H2,1H3. The van der Waals surface area contributed by atoms with E-state index in [1.54, 1.807) is 4.90 Å². The van der Waals surface area contributed by atoms with Crippen molar-refractivity contribution in [2.75, 3.05) is 13.1 Å². The molecule has 3 heteroatoms. The van der Waals surface area contributed by atoms with Crippen LogP contribution in [-0.4, -0.2) is 29.7 Å². The lowest BCUT2D eigenvalue weighted by atomic mass is 10.0. The number of likely N-dealkylation sites (tertiary alicyclic amines) is 1. The van der Waals surface area contributed by atoms with Crippen molar-refractivity contribution < 1.29 is 9.59 Å². The highest BCUT2D eigenvalue weighted by atomic mass is 16.2. The molecule has 0 N–H and O–H groups in total. The second-order valence-electron chi connectivity index (χ2n) is 4.15. The molecule has 1 amide bonds. The third-order valence-electron chi connectivity index (χ3n) is 2.98. The smallest absolute Gasteiger partial charge is 0.254 e. The lowest BCUT2D eigenvalue weighted by Gasteiger charge is -2.26. The summed E-state index contributed by atoms with van der Waals surface area (Å²) in [6, 6.07) is 7.57. The van der Waals surface area contributed by atoms with Crippen LogP contribution in [-0.2, 0) is 4.79 Å². The molecule has 1 saturated heterocycles. The van der Waals surface area contributed by atoms with Gasteiger partial charge < -0.3 is 4.90 Å². The van der Waals surface area contributed by atoms with Gasteiger partial charge in [-0.15, -0.1) is 0 Å². The van der Waals surface area contributed by atoms with Crippen LogP contribution < -0.4 is 0 Å². The Hall–Kier alpha value is -1.64. The SMILES string of the molecule is Cc1ccccc1C(=O)N1CCC(=O)CC1. The first-order valence-electron chi connectivity index (χ1n) is 5.55. The third-order valence-corrected chi connectivity index (χ3v) is 2.98. The molecule has 1 aromatic rings. The largest absolute Gasteiger partial charge is 0.338 e. The fourth-order valence-corrected chi connectivity index (χ4v) is 1.94. The molecule has 0 saturated carbocycles. The average molecular weight is 217 g/mol. The zero-order valence-electron chi connectivity index (χ0n) is 9.40. The maximum atomic E-state index is 12.1. The summed E-state index contributed by atoms with van der Waals surface area (Å²) in [5.41, 5.74) is 1.74. The molecule has 0 aliphatic carbocycles. The summed E-state index contributed by atoms with van der Waals surface area (Å²) in [6.07, 6.45) is 0.995. The van der Waals surface area contributed by atoms with Crippen LogP contribution in [0.5, 0.6) is 0 Å². The number of aryl methyl sites for hydroxylation is 1. The predicted molar refractivity (Wildman–Crippen MR) is 61.3 cm³/mol. The van der Waals surface area contributed by atoms with Crippen molar-refractivity contribution in [3.05, 3.63) is 35.4 Å². The van der Waals surface area contributed by atoms with E-state index >= 15 is 0 Å². The van der Waals surface area contributed by atoms with Gasteiger partial charge in [0.15, 0.2) is 0 Å². The molecule has 1 aromatic carbocycles. The Morgan fingerprint density at radius 1 is 1.19 bits per heavy atom. The molecule has 1 aliphatic rings. The van der Waals surface area contributed by atoms with Crippen LogP contribution in [0.25, 0.3) is 0 Å². The molecular formula is C13H15NO2. The van der Waals surface area contributed by atoms with Gasteiger partial charge in [-0.05, 0) is 18.6 Å². The van der Waals surface area contributed by atoms with Gasteiger partial charge in [-0.25, -0.2) is 0 Å². The number of carbonyl (C=O) groups excluding carboxylic acids is 2. The molecule has 3 nitrogen and oxygen atoms in total. The van der Waals surface area contributed by atoms with Gasteiger partial charge in [0.2, 0.25) is 0 Å². The Labute approximate surface area is 95.1 Å². The molecule has 0 radical (unpaired) electrons. The minimum atomic E-state index is 0.0469. The number of rotatable bonds is 1. The molecular weight excluding hydrogens is 202 g/mol. The van der Waals surface area contributed by atoms with Gasteiger partial charge in [-0.2, -0.15) is 0 Å². The zero-order valence-corrected chi connectivity index (χ0v) is 9.40. The van der Waals surface area contributed by atoms with E-state index in [1.807, 2.05) is 31.2 Å². The van der Waals surface area contributed by atoms with Crippen molar-refractivity contribution in [1.82, 2.24) is 4.90 Å². The Morgan fingerprint density at radius 2 is 1.81 bits per heavy atom. The van der Waals surface area contributed by atoms with Crippen LogP contribution in [0.1, 0.15) is 28.8 Å². The fourth-order valence-electron chi connectivity index (χ4n) is 1.94. The van der Waals surface area contributed by atoms with E-state index in [0.717, 1.165) is 11.1 Å². The molecule has 16 heavy (non-hydrogen) atoms. The summed E-state index contributed by atoms with van der Waals surface area (Å²) < 4.78 is 0. The Bertz CT molecular complexity index is 416.